The van der Waals surface area contributed by atoms with E-state index in [1.807, 2.05) is 30.3 Å². The number of nitrogens with zero attached hydrogens (tertiary/aromatic N) is 4. The fourth-order valence-corrected chi connectivity index (χ4v) is 3.49. The molecule has 1 aliphatic rings. The Morgan fingerprint density at radius 1 is 1.10 bits per heavy atom. The highest BCUT2D eigenvalue weighted by Crippen LogP contribution is 2.20. The number of hydrogen-bond acceptors (Lipinski definition) is 5. The Labute approximate surface area is 168 Å². The Balaban J connectivity index is 1.40. The Hall–Kier alpha value is -3.55. The van der Waals surface area contributed by atoms with Crippen LogP contribution in [0.2, 0.25) is 0 Å². The van der Waals surface area contributed by atoms with Crippen LogP contribution in [0.1, 0.15) is 35.4 Å². The van der Waals surface area contributed by atoms with Crippen molar-refractivity contribution in [2.75, 3.05) is 6.54 Å². The molecule has 2 aromatic heterocycles. The molecule has 0 radical (unpaired) electrons. The SMILES string of the molecule is O=C(NCc1nc(-c2ccncc2)n[nH]1)C1CCCCN1C(=O)c1ccccc1. The van der Waals surface area contributed by atoms with E-state index < -0.39 is 6.04 Å². The van der Waals surface area contributed by atoms with Crippen molar-refractivity contribution in [2.45, 2.75) is 31.8 Å². The number of pyridine rings is 1. The van der Waals surface area contributed by atoms with Gasteiger partial charge in [-0.1, -0.05) is 18.2 Å². The Morgan fingerprint density at radius 3 is 2.69 bits per heavy atom. The van der Waals surface area contributed by atoms with Crippen molar-refractivity contribution in [1.29, 1.82) is 0 Å². The summed E-state index contributed by atoms with van der Waals surface area (Å²) in [6.07, 6.45) is 5.83. The van der Waals surface area contributed by atoms with Crippen molar-refractivity contribution >= 4 is 11.8 Å². The minimum atomic E-state index is -0.473. The van der Waals surface area contributed by atoms with Gasteiger partial charge in [-0.05, 0) is 43.5 Å². The van der Waals surface area contributed by atoms with Crippen LogP contribution >= 0.6 is 0 Å². The number of H-pyrrole nitrogens is 1. The Morgan fingerprint density at radius 2 is 1.90 bits per heavy atom. The first-order valence-electron chi connectivity index (χ1n) is 9.68. The van der Waals surface area contributed by atoms with Crippen molar-refractivity contribution in [2.24, 2.45) is 0 Å². The van der Waals surface area contributed by atoms with Gasteiger partial charge in [-0.3, -0.25) is 19.7 Å². The molecule has 3 aromatic rings. The molecular formula is C21H22N6O2. The van der Waals surface area contributed by atoms with Crippen LogP contribution in [-0.4, -0.2) is 49.5 Å². The zero-order valence-corrected chi connectivity index (χ0v) is 15.9. The molecule has 1 aromatic carbocycles. The van der Waals surface area contributed by atoms with Gasteiger partial charge < -0.3 is 10.2 Å². The van der Waals surface area contributed by atoms with E-state index in [1.54, 1.807) is 29.4 Å². The summed E-state index contributed by atoms with van der Waals surface area (Å²) >= 11 is 0. The van der Waals surface area contributed by atoms with Gasteiger partial charge in [0.1, 0.15) is 11.9 Å². The normalized spacial score (nSPS) is 16.4. The molecule has 1 aliphatic heterocycles. The number of carbonyl (C=O) groups excluding carboxylic acids is 2. The first kappa shape index (κ1) is 18.8. The lowest BCUT2D eigenvalue weighted by atomic mass is 10.00. The molecule has 2 amide bonds. The maximum Gasteiger partial charge on any atom is 0.254 e. The fraction of sp³-hybridized carbons (Fsp3) is 0.286. The molecule has 0 aliphatic carbocycles. The average Bonchev–Trinajstić information content (AvgIpc) is 3.27. The van der Waals surface area contributed by atoms with Crippen LogP contribution in [0, 0.1) is 0 Å². The van der Waals surface area contributed by atoms with Gasteiger partial charge in [0.2, 0.25) is 5.91 Å². The van der Waals surface area contributed by atoms with Crippen LogP contribution in [0.4, 0.5) is 0 Å². The molecule has 2 N–H and O–H groups in total. The molecule has 8 nitrogen and oxygen atoms in total. The van der Waals surface area contributed by atoms with E-state index in [0.717, 1.165) is 18.4 Å². The van der Waals surface area contributed by atoms with Crippen LogP contribution in [0.3, 0.4) is 0 Å². The van der Waals surface area contributed by atoms with Crippen LogP contribution in [0.15, 0.2) is 54.9 Å². The monoisotopic (exact) mass is 390 g/mol. The smallest absolute Gasteiger partial charge is 0.254 e. The van der Waals surface area contributed by atoms with E-state index in [2.05, 4.69) is 25.5 Å². The summed E-state index contributed by atoms with van der Waals surface area (Å²) in [5.41, 5.74) is 1.45. The summed E-state index contributed by atoms with van der Waals surface area (Å²) in [4.78, 5) is 35.7. The number of nitrogens with one attached hydrogen (secondary N) is 2. The summed E-state index contributed by atoms with van der Waals surface area (Å²) < 4.78 is 0. The number of aromatic amines is 1. The second kappa shape index (κ2) is 8.64. The van der Waals surface area contributed by atoms with Gasteiger partial charge in [-0.15, -0.1) is 0 Å². The quantitative estimate of drug-likeness (QED) is 0.695. The van der Waals surface area contributed by atoms with Gasteiger partial charge >= 0.3 is 0 Å². The first-order chi connectivity index (χ1) is 14.2. The molecule has 1 unspecified atom stereocenters. The number of carbonyl (C=O) groups is 2. The van der Waals surface area contributed by atoms with Gasteiger partial charge in [0.25, 0.3) is 5.91 Å². The summed E-state index contributed by atoms with van der Waals surface area (Å²) in [5.74, 6) is 0.832. The van der Waals surface area contributed by atoms with Crippen molar-refractivity contribution in [1.82, 2.24) is 30.4 Å². The predicted octanol–water partition coefficient (Wildman–Crippen LogP) is 2.18. The van der Waals surface area contributed by atoms with E-state index in [-0.39, 0.29) is 18.4 Å². The summed E-state index contributed by atoms with van der Waals surface area (Å²) in [6.45, 7) is 0.807. The second-order valence-corrected chi connectivity index (χ2v) is 6.94. The summed E-state index contributed by atoms with van der Waals surface area (Å²) in [5, 5.41) is 9.92. The molecule has 1 atom stereocenters. The molecule has 1 fully saturated rings. The van der Waals surface area contributed by atoms with E-state index in [4.69, 9.17) is 0 Å². The van der Waals surface area contributed by atoms with Crippen LogP contribution in [0.5, 0.6) is 0 Å². The van der Waals surface area contributed by atoms with E-state index >= 15 is 0 Å². The number of rotatable bonds is 5. The molecule has 0 saturated carbocycles. The third-order valence-electron chi connectivity index (χ3n) is 4.99. The maximum atomic E-state index is 12.9. The minimum Gasteiger partial charge on any atom is -0.347 e. The third-order valence-corrected chi connectivity index (χ3v) is 4.99. The zero-order valence-electron chi connectivity index (χ0n) is 15.9. The van der Waals surface area contributed by atoms with Crippen LogP contribution in [-0.2, 0) is 11.3 Å². The lowest BCUT2D eigenvalue weighted by Crippen LogP contribution is -2.51. The van der Waals surface area contributed by atoms with E-state index in [1.165, 1.54) is 0 Å². The zero-order chi connectivity index (χ0) is 20.1. The van der Waals surface area contributed by atoms with Crippen LogP contribution in [0.25, 0.3) is 11.4 Å². The molecule has 1 saturated heterocycles. The highest BCUT2D eigenvalue weighted by Gasteiger charge is 2.32. The van der Waals surface area contributed by atoms with Crippen molar-refractivity contribution in [3.8, 4) is 11.4 Å². The highest BCUT2D eigenvalue weighted by molar-refractivity contribution is 5.97. The first-order valence-corrected chi connectivity index (χ1v) is 9.68. The summed E-state index contributed by atoms with van der Waals surface area (Å²) in [7, 11) is 0. The number of amides is 2. The van der Waals surface area contributed by atoms with E-state index in [9.17, 15) is 9.59 Å². The Bertz CT molecular complexity index is 973. The van der Waals surface area contributed by atoms with Gasteiger partial charge in [-0.2, -0.15) is 5.10 Å². The standard InChI is InChI=1S/C21H22N6O2/c28-20(23-14-18-24-19(26-25-18)15-9-11-22-12-10-15)17-8-4-5-13-27(17)21(29)16-6-2-1-3-7-16/h1-3,6-7,9-12,17H,4-5,8,13-14H2,(H,23,28)(H,24,25,26). The van der Waals surface area contributed by atoms with Gasteiger partial charge in [0.05, 0.1) is 6.54 Å². The lowest BCUT2D eigenvalue weighted by Gasteiger charge is -2.34. The Kier molecular flexibility index (Phi) is 5.60. The van der Waals surface area contributed by atoms with Gasteiger partial charge in [0.15, 0.2) is 5.82 Å². The second-order valence-electron chi connectivity index (χ2n) is 6.94. The van der Waals surface area contributed by atoms with Crippen molar-refractivity contribution in [3.63, 3.8) is 0 Å². The molecule has 8 heteroatoms. The van der Waals surface area contributed by atoms with Gasteiger partial charge in [-0.25, -0.2) is 4.98 Å². The van der Waals surface area contributed by atoms with Crippen molar-refractivity contribution in [3.05, 3.63) is 66.2 Å². The number of aromatic nitrogens is 4. The number of benzene rings is 1. The molecule has 29 heavy (non-hydrogen) atoms. The van der Waals surface area contributed by atoms with Crippen LogP contribution < -0.4 is 5.32 Å². The molecule has 0 spiro atoms. The lowest BCUT2D eigenvalue weighted by molar-refractivity contribution is -0.126. The molecule has 4 rings (SSSR count). The largest absolute Gasteiger partial charge is 0.347 e. The third kappa shape index (κ3) is 4.31. The van der Waals surface area contributed by atoms with Crippen molar-refractivity contribution < 1.29 is 9.59 Å². The number of piperidine rings is 1. The number of hydrogen-bond donors (Lipinski definition) is 2. The number of likely N-dealkylation sites (tertiary alicyclic amines) is 1. The molecule has 0 bridgehead atoms. The topological polar surface area (TPSA) is 104 Å². The average molecular weight is 390 g/mol. The molecule has 148 valence electrons. The molecular weight excluding hydrogens is 368 g/mol. The van der Waals surface area contributed by atoms with E-state index in [0.29, 0.717) is 30.2 Å². The van der Waals surface area contributed by atoms with Gasteiger partial charge in [0, 0.05) is 30.1 Å². The summed E-state index contributed by atoms with van der Waals surface area (Å²) in [6, 6.07) is 12.3. The molecule has 3 heterocycles. The fourth-order valence-electron chi connectivity index (χ4n) is 3.49. The minimum absolute atomic E-state index is 0.106. The maximum absolute atomic E-state index is 12.9. The highest BCUT2D eigenvalue weighted by atomic mass is 16.2. The predicted molar refractivity (Wildman–Crippen MR) is 107 cm³/mol.